The highest BCUT2D eigenvalue weighted by Crippen LogP contribution is 2.56. The van der Waals surface area contributed by atoms with Crippen molar-refractivity contribution in [2.75, 3.05) is 6.54 Å². The van der Waals surface area contributed by atoms with Crippen LogP contribution in [0.1, 0.15) is 24.8 Å². The number of nitrogens with two attached hydrogens (primary N) is 1. The van der Waals surface area contributed by atoms with Crippen LogP contribution in [0.25, 0.3) is 0 Å². The summed E-state index contributed by atoms with van der Waals surface area (Å²) in [6.45, 7) is -0.103. The molecule has 1 fully saturated rings. The van der Waals surface area contributed by atoms with Crippen LogP contribution in [0.5, 0.6) is 0 Å². The second kappa shape index (κ2) is 3.77. The molecule has 0 atom stereocenters. The Morgan fingerprint density at radius 2 is 1.88 bits per heavy atom. The topological polar surface area (TPSA) is 26.0 Å². The van der Waals surface area contributed by atoms with Crippen LogP contribution in [0.15, 0.2) is 24.3 Å². The van der Waals surface area contributed by atoms with Crippen LogP contribution < -0.4 is 5.73 Å². The predicted molar refractivity (Wildman–Crippen MR) is 55.6 cm³/mol. The van der Waals surface area contributed by atoms with Crippen LogP contribution >= 0.6 is 0 Å². The van der Waals surface area contributed by atoms with Crippen molar-refractivity contribution >= 4 is 0 Å². The molecule has 1 aromatic rings. The Morgan fingerprint density at radius 3 is 2.31 bits per heavy atom. The van der Waals surface area contributed by atoms with E-state index in [2.05, 4.69) is 0 Å². The molecule has 0 aliphatic heterocycles. The molecule has 1 saturated carbocycles. The van der Waals surface area contributed by atoms with Crippen LogP contribution in [-0.4, -0.2) is 6.54 Å². The first-order valence-corrected chi connectivity index (χ1v) is 5.36. The summed E-state index contributed by atoms with van der Waals surface area (Å²) in [7, 11) is 0. The van der Waals surface area contributed by atoms with Crippen molar-refractivity contribution in [2.24, 2.45) is 11.1 Å². The second-order valence-corrected chi connectivity index (χ2v) is 4.39. The van der Waals surface area contributed by atoms with Crippen molar-refractivity contribution < 1.29 is 13.2 Å². The summed E-state index contributed by atoms with van der Waals surface area (Å²) in [5.74, 6) is -4.03. The molecule has 1 nitrogen and oxygen atoms in total. The minimum Gasteiger partial charge on any atom is -0.330 e. The average molecular weight is 229 g/mol. The lowest BCUT2D eigenvalue weighted by molar-refractivity contribution is -0.166. The van der Waals surface area contributed by atoms with E-state index in [0.717, 1.165) is 18.6 Å². The van der Waals surface area contributed by atoms with E-state index in [-0.39, 0.29) is 6.54 Å². The van der Waals surface area contributed by atoms with E-state index in [9.17, 15) is 13.2 Å². The quantitative estimate of drug-likeness (QED) is 0.847. The molecule has 0 radical (unpaired) electrons. The number of alkyl halides is 2. The van der Waals surface area contributed by atoms with Gasteiger partial charge >= 0.3 is 0 Å². The van der Waals surface area contributed by atoms with Gasteiger partial charge in [0, 0.05) is 6.54 Å². The monoisotopic (exact) mass is 229 g/mol. The van der Waals surface area contributed by atoms with Crippen molar-refractivity contribution in [1.29, 1.82) is 0 Å². The van der Waals surface area contributed by atoms with E-state index < -0.39 is 22.7 Å². The van der Waals surface area contributed by atoms with Gasteiger partial charge in [-0.1, -0.05) is 24.6 Å². The van der Waals surface area contributed by atoms with Gasteiger partial charge in [-0.2, -0.15) is 0 Å². The molecule has 0 unspecified atom stereocenters. The Labute approximate surface area is 92.5 Å². The Balaban J connectivity index is 2.42. The molecule has 0 aromatic heterocycles. The number of rotatable bonds is 3. The first-order valence-electron chi connectivity index (χ1n) is 5.36. The van der Waals surface area contributed by atoms with E-state index >= 15 is 0 Å². The molecule has 4 heteroatoms. The van der Waals surface area contributed by atoms with Crippen LogP contribution in [-0.2, 0) is 5.92 Å². The van der Waals surface area contributed by atoms with Crippen molar-refractivity contribution in [1.82, 2.24) is 0 Å². The summed E-state index contributed by atoms with van der Waals surface area (Å²) in [5.41, 5.74) is 3.67. The summed E-state index contributed by atoms with van der Waals surface area (Å²) in [6.07, 6.45) is 1.47. The molecule has 0 spiro atoms. The molecule has 0 bridgehead atoms. The van der Waals surface area contributed by atoms with Gasteiger partial charge in [0.05, 0.1) is 11.0 Å². The molecule has 16 heavy (non-hydrogen) atoms. The summed E-state index contributed by atoms with van der Waals surface area (Å²) in [4.78, 5) is 0. The zero-order chi connectivity index (χ0) is 11.8. The van der Waals surface area contributed by atoms with Crippen molar-refractivity contribution in [3.63, 3.8) is 0 Å². The van der Waals surface area contributed by atoms with Gasteiger partial charge in [0.1, 0.15) is 5.82 Å². The fourth-order valence-corrected chi connectivity index (χ4v) is 2.25. The number of hydrogen-bond donors (Lipinski definition) is 1. The van der Waals surface area contributed by atoms with Crippen LogP contribution in [0.3, 0.4) is 0 Å². The molecular weight excluding hydrogens is 215 g/mol. The molecule has 2 N–H and O–H groups in total. The maximum atomic E-state index is 14.2. The van der Waals surface area contributed by atoms with Gasteiger partial charge < -0.3 is 5.73 Å². The van der Waals surface area contributed by atoms with Gasteiger partial charge in [-0.15, -0.1) is 0 Å². The molecule has 2 rings (SSSR count). The largest absolute Gasteiger partial charge is 0.330 e. The summed E-state index contributed by atoms with van der Waals surface area (Å²) in [6, 6.07) is 5.04. The highest BCUT2D eigenvalue weighted by atomic mass is 19.3. The van der Waals surface area contributed by atoms with Crippen molar-refractivity contribution in [2.45, 2.75) is 25.2 Å². The van der Waals surface area contributed by atoms with Crippen LogP contribution in [0, 0.1) is 11.2 Å². The highest BCUT2D eigenvalue weighted by Gasteiger charge is 2.57. The fourth-order valence-electron chi connectivity index (χ4n) is 2.25. The number of hydrogen-bond acceptors (Lipinski definition) is 1. The van der Waals surface area contributed by atoms with Gasteiger partial charge in [-0.3, -0.25) is 0 Å². The molecule has 1 aliphatic carbocycles. The third kappa shape index (κ3) is 1.44. The molecule has 1 aliphatic rings. The lowest BCUT2D eigenvalue weighted by Gasteiger charge is -2.46. The van der Waals surface area contributed by atoms with E-state index in [0.29, 0.717) is 12.8 Å². The minimum atomic E-state index is -3.18. The predicted octanol–water partition coefficient (Wildman–Crippen LogP) is 3.05. The summed E-state index contributed by atoms with van der Waals surface area (Å²) in [5, 5.41) is 0. The highest BCUT2D eigenvalue weighted by molar-refractivity contribution is 5.26. The second-order valence-electron chi connectivity index (χ2n) is 4.39. The van der Waals surface area contributed by atoms with Gasteiger partial charge in [0.15, 0.2) is 0 Å². The third-order valence-electron chi connectivity index (χ3n) is 3.58. The Kier molecular flexibility index (Phi) is 2.70. The fraction of sp³-hybridized carbons (Fsp3) is 0.500. The first-order chi connectivity index (χ1) is 7.53. The van der Waals surface area contributed by atoms with E-state index in [4.69, 9.17) is 5.73 Å². The normalized spacial score (nSPS) is 19.2. The van der Waals surface area contributed by atoms with E-state index in [1.165, 1.54) is 12.1 Å². The Bertz CT molecular complexity index is 380. The van der Waals surface area contributed by atoms with Crippen LogP contribution in [0.4, 0.5) is 13.2 Å². The zero-order valence-electron chi connectivity index (χ0n) is 8.85. The molecule has 0 amide bonds. The molecular formula is C12H14F3N. The maximum absolute atomic E-state index is 14.2. The molecule has 0 heterocycles. The van der Waals surface area contributed by atoms with Gasteiger partial charge in [-0.05, 0) is 18.9 Å². The minimum absolute atomic E-state index is 0.103. The van der Waals surface area contributed by atoms with E-state index in [1.54, 1.807) is 0 Å². The third-order valence-corrected chi connectivity index (χ3v) is 3.58. The smallest absolute Gasteiger partial charge is 0.282 e. The Morgan fingerprint density at radius 1 is 1.25 bits per heavy atom. The zero-order valence-corrected chi connectivity index (χ0v) is 8.85. The number of benzene rings is 1. The van der Waals surface area contributed by atoms with Gasteiger partial charge in [0.2, 0.25) is 0 Å². The van der Waals surface area contributed by atoms with Crippen LogP contribution in [0.2, 0.25) is 0 Å². The molecule has 1 aromatic carbocycles. The SMILES string of the molecule is NCC1(C(F)(F)c2ccccc2F)CCC1. The lowest BCUT2D eigenvalue weighted by atomic mass is 9.63. The standard InChI is InChI=1S/C12H14F3N/c13-10-5-2-1-4-9(10)12(14,15)11(8-16)6-3-7-11/h1-2,4-5H,3,6-8,16H2. The summed E-state index contributed by atoms with van der Waals surface area (Å²) < 4.78 is 41.8. The average Bonchev–Trinajstić information content (AvgIpc) is 2.16. The first kappa shape index (κ1) is 11.5. The van der Waals surface area contributed by atoms with Gasteiger partial charge in [0.25, 0.3) is 5.92 Å². The molecule has 0 saturated heterocycles. The lowest BCUT2D eigenvalue weighted by Crippen LogP contribution is -2.50. The molecule has 88 valence electrons. The van der Waals surface area contributed by atoms with Gasteiger partial charge in [-0.25, -0.2) is 13.2 Å². The van der Waals surface area contributed by atoms with Crippen molar-refractivity contribution in [3.05, 3.63) is 35.6 Å². The van der Waals surface area contributed by atoms with Crippen molar-refractivity contribution in [3.8, 4) is 0 Å². The number of halogens is 3. The van der Waals surface area contributed by atoms with E-state index in [1.807, 2.05) is 0 Å². The Hall–Kier alpha value is -1.03. The summed E-state index contributed by atoms with van der Waals surface area (Å²) >= 11 is 0. The maximum Gasteiger partial charge on any atom is 0.282 e.